The van der Waals surface area contributed by atoms with Crippen molar-refractivity contribution in [3.05, 3.63) is 23.8 Å². The third kappa shape index (κ3) is 3.87. The van der Waals surface area contributed by atoms with Gasteiger partial charge in [-0.3, -0.25) is 9.59 Å². The molecule has 19 heavy (non-hydrogen) atoms. The van der Waals surface area contributed by atoms with Crippen LogP contribution in [0.15, 0.2) is 18.2 Å². The van der Waals surface area contributed by atoms with Crippen LogP contribution in [0.5, 0.6) is 11.5 Å². The van der Waals surface area contributed by atoms with Gasteiger partial charge in [-0.15, -0.1) is 0 Å². The van der Waals surface area contributed by atoms with Gasteiger partial charge in [-0.25, -0.2) is 0 Å². The predicted octanol–water partition coefficient (Wildman–Crippen LogP) is 1.29. The number of carbonyl (C=O) groups excluding carboxylic acids is 1. The minimum Gasteiger partial charge on any atom is -0.481 e. The summed E-state index contributed by atoms with van der Waals surface area (Å²) in [5.41, 5.74) is 0.913. The van der Waals surface area contributed by atoms with Crippen molar-refractivity contribution in [1.82, 2.24) is 5.32 Å². The summed E-state index contributed by atoms with van der Waals surface area (Å²) in [6.07, 6.45) is 0.580. The number of nitrogens with one attached hydrogen (secondary N) is 1. The molecule has 0 aliphatic carbocycles. The number of carboxylic acid groups (broad SMARTS) is 1. The van der Waals surface area contributed by atoms with Gasteiger partial charge in [0.15, 0.2) is 11.5 Å². The van der Waals surface area contributed by atoms with E-state index in [2.05, 4.69) is 5.32 Å². The van der Waals surface area contributed by atoms with Gasteiger partial charge in [0.2, 0.25) is 12.7 Å². The lowest BCUT2D eigenvalue weighted by atomic mass is 10.2. The summed E-state index contributed by atoms with van der Waals surface area (Å²) in [6, 6.07) is 5.47. The first-order valence-corrected chi connectivity index (χ1v) is 6.02. The van der Waals surface area contributed by atoms with Crippen LogP contribution in [-0.4, -0.2) is 23.8 Å². The monoisotopic (exact) mass is 265 g/mol. The second-order valence-electron chi connectivity index (χ2n) is 4.21. The first-order chi connectivity index (χ1) is 9.15. The zero-order valence-corrected chi connectivity index (χ0v) is 10.3. The zero-order chi connectivity index (χ0) is 13.7. The Kier molecular flexibility index (Phi) is 4.22. The molecule has 1 aromatic carbocycles. The summed E-state index contributed by atoms with van der Waals surface area (Å²) in [6.45, 7) is 0.614. The molecule has 1 aliphatic rings. The van der Waals surface area contributed by atoms with Crippen molar-refractivity contribution < 1.29 is 24.2 Å². The molecule has 1 aromatic rings. The largest absolute Gasteiger partial charge is 0.481 e. The Morgan fingerprint density at radius 2 is 2.00 bits per heavy atom. The lowest BCUT2D eigenvalue weighted by Gasteiger charge is -2.05. The first-order valence-electron chi connectivity index (χ1n) is 6.02. The Balaban J connectivity index is 1.76. The molecule has 0 bridgehead atoms. The predicted molar refractivity (Wildman–Crippen MR) is 65.9 cm³/mol. The Bertz CT molecular complexity index is 486. The van der Waals surface area contributed by atoms with Gasteiger partial charge in [-0.2, -0.15) is 0 Å². The first kappa shape index (κ1) is 13.2. The minimum atomic E-state index is -0.886. The van der Waals surface area contributed by atoms with Crippen LogP contribution in [0.2, 0.25) is 0 Å². The van der Waals surface area contributed by atoms with E-state index >= 15 is 0 Å². The number of rotatable bonds is 6. The van der Waals surface area contributed by atoms with Gasteiger partial charge in [0.1, 0.15) is 0 Å². The van der Waals surface area contributed by atoms with Gasteiger partial charge < -0.3 is 19.9 Å². The lowest BCUT2D eigenvalue weighted by Crippen LogP contribution is -2.22. The van der Waals surface area contributed by atoms with Gasteiger partial charge in [0.25, 0.3) is 0 Å². The number of amides is 1. The highest BCUT2D eigenvalue weighted by atomic mass is 16.7. The second kappa shape index (κ2) is 6.08. The Morgan fingerprint density at radius 1 is 1.21 bits per heavy atom. The molecule has 0 spiro atoms. The number of carboxylic acids is 1. The molecule has 6 heteroatoms. The normalized spacial score (nSPS) is 12.2. The van der Waals surface area contributed by atoms with Gasteiger partial charge in [-0.05, 0) is 24.1 Å². The van der Waals surface area contributed by atoms with Crippen molar-refractivity contribution in [1.29, 1.82) is 0 Å². The van der Waals surface area contributed by atoms with E-state index < -0.39 is 5.97 Å². The quantitative estimate of drug-likeness (QED) is 0.809. The number of hydrogen-bond acceptors (Lipinski definition) is 4. The average Bonchev–Trinajstić information content (AvgIpc) is 2.83. The van der Waals surface area contributed by atoms with E-state index in [-0.39, 0.29) is 25.5 Å². The van der Waals surface area contributed by atoms with E-state index in [1.807, 2.05) is 12.1 Å². The van der Waals surface area contributed by atoms with Crippen molar-refractivity contribution in [2.45, 2.75) is 25.8 Å². The van der Waals surface area contributed by atoms with Crippen LogP contribution in [0.4, 0.5) is 0 Å². The molecule has 0 radical (unpaired) electrons. The maximum absolute atomic E-state index is 11.5. The number of carbonyl (C=O) groups is 2. The van der Waals surface area contributed by atoms with Crippen molar-refractivity contribution in [3.8, 4) is 11.5 Å². The summed E-state index contributed by atoms with van der Waals surface area (Å²) in [7, 11) is 0. The van der Waals surface area contributed by atoms with Crippen LogP contribution in [0, 0.1) is 0 Å². The van der Waals surface area contributed by atoms with Gasteiger partial charge >= 0.3 is 5.97 Å². The molecule has 2 rings (SSSR count). The zero-order valence-electron chi connectivity index (χ0n) is 10.3. The fourth-order valence-corrected chi connectivity index (χ4v) is 1.74. The smallest absolute Gasteiger partial charge is 0.303 e. The maximum Gasteiger partial charge on any atom is 0.303 e. The molecule has 102 valence electrons. The van der Waals surface area contributed by atoms with E-state index in [1.165, 1.54) is 0 Å². The number of fused-ring (bicyclic) bond motifs is 1. The van der Waals surface area contributed by atoms with Crippen LogP contribution >= 0.6 is 0 Å². The molecule has 2 N–H and O–H groups in total. The molecule has 0 saturated heterocycles. The number of ether oxygens (including phenoxy) is 2. The number of aliphatic carboxylic acids is 1. The molecule has 0 unspecified atom stereocenters. The summed E-state index contributed by atoms with van der Waals surface area (Å²) in [5, 5.41) is 11.2. The van der Waals surface area contributed by atoms with Crippen molar-refractivity contribution in [3.63, 3.8) is 0 Å². The van der Waals surface area contributed by atoms with Crippen LogP contribution in [0.25, 0.3) is 0 Å². The minimum absolute atomic E-state index is 0.0114. The molecular formula is C13H15NO5. The summed E-state index contributed by atoms with van der Waals surface area (Å²) < 4.78 is 10.4. The highest BCUT2D eigenvalue weighted by molar-refractivity contribution is 5.76. The molecular weight excluding hydrogens is 250 g/mol. The summed E-state index contributed by atoms with van der Waals surface area (Å²) >= 11 is 0. The van der Waals surface area contributed by atoms with Gasteiger partial charge in [0.05, 0.1) is 0 Å². The molecule has 1 amide bonds. The van der Waals surface area contributed by atoms with Crippen LogP contribution in [-0.2, 0) is 16.1 Å². The van der Waals surface area contributed by atoms with E-state index in [4.69, 9.17) is 14.6 Å². The second-order valence-corrected chi connectivity index (χ2v) is 4.21. The molecule has 1 aliphatic heterocycles. The van der Waals surface area contributed by atoms with E-state index in [1.54, 1.807) is 6.07 Å². The molecule has 1 heterocycles. The van der Waals surface area contributed by atoms with Crippen molar-refractivity contribution in [2.75, 3.05) is 6.79 Å². The molecule has 0 aromatic heterocycles. The van der Waals surface area contributed by atoms with Crippen LogP contribution in [0.3, 0.4) is 0 Å². The van der Waals surface area contributed by atoms with E-state index in [9.17, 15) is 9.59 Å². The number of hydrogen-bond donors (Lipinski definition) is 2. The fraction of sp³-hybridized carbons (Fsp3) is 0.385. The Hall–Kier alpha value is -2.24. The number of benzene rings is 1. The third-order valence-electron chi connectivity index (χ3n) is 2.72. The summed E-state index contributed by atoms with van der Waals surface area (Å²) in [5.74, 6) is 0.344. The highest BCUT2D eigenvalue weighted by Crippen LogP contribution is 2.32. The van der Waals surface area contributed by atoms with Crippen molar-refractivity contribution >= 4 is 11.9 Å². The Morgan fingerprint density at radius 3 is 2.79 bits per heavy atom. The maximum atomic E-state index is 11.5. The van der Waals surface area contributed by atoms with Crippen LogP contribution < -0.4 is 14.8 Å². The molecule has 0 atom stereocenters. The fourth-order valence-electron chi connectivity index (χ4n) is 1.74. The molecule has 0 fully saturated rings. The molecule has 6 nitrogen and oxygen atoms in total. The highest BCUT2D eigenvalue weighted by Gasteiger charge is 2.13. The van der Waals surface area contributed by atoms with Crippen LogP contribution in [0.1, 0.15) is 24.8 Å². The topological polar surface area (TPSA) is 84.9 Å². The van der Waals surface area contributed by atoms with E-state index in [0.717, 1.165) is 5.56 Å². The lowest BCUT2D eigenvalue weighted by molar-refractivity contribution is -0.137. The van der Waals surface area contributed by atoms with Gasteiger partial charge in [-0.1, -0.05) is 6.07 Å². The van der Waals surface area contributed by atoms with Gasteiger partial charge in [0, 0.05) is 19.4 Å². The Labute approximate surface area is 110 Å². The standard InChI is InChI=1S/C13H15NO5/c15-12(2-1-3-13(16)17)14-7-9-4-5-10-11(6-9)19-8-18-10/h4-6H,1-3,7-8H2,(H,14,15)(H,16,17). The summed E-state index contributed by atoms with van der Waals surface area (Å²) in [4.78, 5) is 21.8. The van der Waals surface area contributed by atoms with E-state index in [0.29, 0.717) is 24.5 Å². The average molecular weight is 265 g/mol. The third-order valence-corrected chi connectivity index (χ3v) is 2.72. The SMILES string of the molecule is O=C(O)CCCC(=O)NCc1ccc2c(c1)OCO2. The molecule has 0 saturated carbocycles. The van der Waals surface area contributed by atoms with Crippen molar-refractivity contribution in [2.24, 2.45) is 0 Å².